The first kappa shape index (κ1) is 22.6. The molecule has 1 heterocycles. The fourth-order valence-corrected chi connectivity index (χ4v) is 4.04. The van der Waals surface area contributed by atoms with Crippen molar-refractivity contribution < 1.29 is 13.9 Å². The smallest absolute Gasteiger partial charge is 0.213 e. The molecule has 0 spiro atoms. The van der Waals surface area contributed by atoms with Gasteiger partial charge in [0.2, 0.25) is 5.88 Å². The molecule has 0 atom stereocenters. The van der Waals surface area contributed by atoms with Gasteiger partial charge in [0.05, 0.1) is 18.9 Å². The van der Waals surface area contributed by atoms with Crippen molar-refractivity contribution in [2.75, 3.05) is 13.2 Å². The normalized spacial score (nSPS) is 12.4. The monoisotopic (exact) mass is 413 g/mol. The maximum absolute atomic E-state index is 15.1. The van der Waals surface area contributed by atoms with E-state index in [0.29, 0.717) is 31.3 Å². The van der Waals surface area contributed by atoms with Gasteiger partial charge in [-0.25, -0.2) is 9.37 Å². The molecule has 0 unspecified atom stereocenters. The summed E-state index contributed by atoms with van der Waals surface area (Å²) in [7, 11) is 0. The van der Waals surface area contributed by atoms with E-state index >= 15 is 4.39 Å². The summed E-state index contributed by atoms with van der Waals surface area (Å²) in [6, 6.07) is 7.69. The number of fused-ring (bicyclic) bond motifs is 3. The number of aryl methyl sites for hydroxylation is 1. The number of unbranched alkanes of at least 4 members (excludes halogenated alkanes) is 7. The van der Waals surface area contributed by atoms with Gasteiger partial charge in [-0.05, 0) is 48.9 Å². The number of benzene rings is 1. The minimum atomic E-state index is -0.206. The first-order chi connectivity index (χ1) is 14.7. The number of rotatable bonds is 13. The summed E-state index contributed by atoms with van der Waals surface area (Å²) in [5.74, 6) is 0.854. The first-order valence-electron chi connectivity index (χ1n) is 11.8. The van der Waals surface area contributed by atoms with Crippen LogP contribution in [0.25, 0.3) is 11.1 Å². The van der Waals surface area contributed by atoms with Gasteiger partial charge in [-0.15, -0.1) is 0 Å². The molecular formula is C26H36FNO2. The zero-order valence-electron chi connectivity index (χ0n) is 18.6. The molecule has 0 aliphatic heterocycles. The van der Waals surface area contributed by atoms with Crippen molar-refractivity contribution in [2.24, 2.45) is 0 Å². The predicted octanol–water partition coefficient (Wildman–Crippen LogP) is 7.29. The zero-order valence-corrected chi connectivity index (χ0v) is 18.6. The van der Waals surface area contributed by atoms with Gasteiger partial charge in [0, 0.05) is 11.6 Å². The number of nitrogens with zero attached hydrogens (tertiary/aromatic N) is 1. The van der Waals surface area contributed by atoms with Crippen molar-refractivity contribution in [3.8, 4) is 22.8 Å². The summed E-state index contributed by atoms with van der Waals surface area (Å²) in [6.07, 6.45) is 11.9. The summed E-state index contributed by atoms with van der Waals surface area (Å²) in [5, 5.41) is 0. The van der Waals surface area contributed by atoms with Crippen LogP contribution in [0.5, 0.6) is 11.6 Å². The highest BCUT2D eigenvalue weighted by atomic mass is 19.1. The van der Waals surface area contributed by atoms with E-state index in [1.54, 1.807) is 6.07 Å². The summed E-state index contributed by atoms with van der Waals surface area (Å²) in [6.45, 7) is 5.69. The van der Waals surface area contributed by atoms with Gasteiger partial charge >= 0.3 is 0 Å². The lowest BCUT2D eigenvalue weighted by molar-refractivity contribution is 0.289. The predicted molar refractivity (Wildman–Crippen MR) is 121 cm³/mol. The van der Waals surface area contributed by atoms with Gasteiger partial charge in [0.15, 0.2) is 11.6 Å². The highest BCUT2D eigenvalue weighted by Gasteiger charge is 2.23. The van der Waals surface area contributed by atoms with Crippen LogP contribution < -0.4 is 9.47 Å². The van der Waals surface area contributed by atoms with Crippen molar-refractivity contribution >= 4 is 0 Å². The van der Waals surface area contributed by atoms with Gasteiger partial charge in [0.1, 0.15) is 0 Å². The molecule has 1 aromatic carbocycles. The van der Waals surface area contributed by atoms with E-state index in [0.717, 1.165) is 48.1 Å². The van der Waals surface area contributed by atoms with E-state index < -0.39 is 0 Å². The Hall–Kier alpha value is -2.10. The number of hydrogen-bond acceptors (Lipinski definition) is 3. The van der Waals surface area contributed by atoms with Gasteiger partial charge in [-0.2, -0.15) is 0 Å². The molecule has 2 aromatic rings. The minimum absolute atomic E-state index is 0.206. The Bertz CT molecular complexity index is 806. The number of pyridine rings is 1. The SMILES string of the molecule is CCCCCCCOc1ccc2c(c1F)CCc1nc(OCCCCCC)ccc1-2. The van der Waals surface area contributed by atoms with E-state index in [1.807, 2.05) is 18.2 Å². The maximum Gasteiger partial charge on any atom is 0.213 e. The van der Waals surface area contributed by atoms with Crippen LogP contribution in [-0.4, -0.2) is 18.2 Å². The third-order valence-corrected chi connectivity index (χ3v) is 5.81. The van der Waals surface area contributed by atoms with Crippen LogP contribution in [0.3, 0.4) is 0 Å². The Morgan fingerprint density at radius 3 is 2.20 bits per heavy atom. The van der Waals surface area contributed by atoms with Crippen LogP contribution in [-0.2, 0) is 12.8 Å². The molecule has 0 N–H and O–H groups in total. The fraction of sp³-hybridized carbons (Fsp3) is 0.577. The van der Waals surface area contributed by atoms with Gasteiger partial charge < -0.3 is 9.47 Å². The Labute approximate surface area is 181 Å². The first-order valence-corrected chi connectivity index (χ1v) is 11.8. The highest BCUT2D eigenvalue weighted by Crippen LogP contribution is 2.38. The van der Waals surface area contributed by atoms with E-state index in [1.165, 1.54) is 38.5 Å². The van der Waals surface area contributed by atoms with Crippen LogP contribution in [0.4, 0.5) is 4.39 Å². The number of halogens is 1. The molecule has 3 rings (SSSR count). The molecule has 1 aliphatic rings. The van der Waals surface area contributed by atoms with Crippen LogP contribution in [0, 0.1) is 5.82 Å². The molecule has 0 amide bonds. The molecule has 0 saturated carbocycles. The molecule has 4 heteroatoms. The highest BCUT2D eigenvalue weighted by molar-refractivity contribution is 5.73. The molecular weight excluding hydrogens is 377 g/mol. The molecule has 0 saturated heterocycles. The minimum Gasteiger partial charge on any atom is -0.491 e. The second kappa shape index (κ2) is 11.9. The maximum atomic E-state index is 15.1. The third-order valence-electron chi connectivity index (χ3n) is 5.81. The summed E-state index contributed by atoms with van der Waals surface area (Å²) >= 11 is 0. The summed E-state index contributed by atoms with van der Waals surface area (Å²) in [4.78, 5) is 4.69. The molecule has 0 radical (unpaired) electrons. The van der Waals surface area contributed by atoms with E-state index in [4.69, 9.17) is 14.5 Å². The van der Waals surface area contributed by atoms with Crippen molar-refractivity contribution in [1.82, 2.24) is 4.98 Å². The van der Waals surface area contributed by atoms with Crippen LogP contribution >= 0.6 is 0 Å². The zero-order chi connectivity index (χ0) is 21.2. The van der Waals surface area contributed by atoms with Crippen molar-refractivity contribution in [3.63, 3.8) is 0 Å². The largest absolute Gasteiger partial charge is 0.491 e. The third kappa shape index (κ3) is 5.96. The van der Waals surface area contributed by atoms with Crippen molar-refractivity contribution in [3.05, 3.63) is 41.3 Å². The Morgan fingerprint density at radius 1 is 0.767 bits per heavy atom. The average molecular weight is 414 g/mol. The van der Waals surface area contributed by atoms with Crippen LogP contribution in [0.15, 0.2) is 24.3 Å². The fourth-order valence-electron chi connectivity index (χ4n) is 4.04. The van der Waals surface area contributed by atoms with Crippen LogP contribution in [0.1, 0.15) is 82.9 Å². The Kier molecular flexibility index (Phi) is 8.98. The quantitative estimate of drug-likeness (QED) is 0.323. The molecule has 30 heavy (non-hydrogen) atoms. The Balaban J connectivity index is 1.61. The van der Waals surface area contributed by atoms with Crippen LogP contribution in [0.2, 0.25) is 0 Å². The lowest BCUT2D eigenvalue weighted by Gasteiger charge is -2.21. The van der Waals surface area contributed by atoms with E-state index in [-0.39, 0.29) is 5.82 Å². The molecule has 0 bridgehead atoms. The lowest BCUT2D eigenvalue weighted by Crippen LogP contribution is -2.11. The average Bonchev–Trinajstić information content (AvgIpc) is 2.77. The second-order valence-corrected chi connectivity index (χ2v) is 8.22. The topological polar surface area (TPSA) is 31.4 Å². The molecule has 1 aliphatic carbocycles. The summed E-state index contributed by atoms with van der Waals surface area (Å²) in [5.41, 5.74) is 3.70. The van der Waals surface area contributed by atoms with Crippen molar-refractivity contribution in [2.45, 2.75) is 84.5 Å². The van der Waals surface area contributed by atoms with Gasteiger partial charge in [0.25, 0.3) is 0 Å². The number of ether oxygens (including phenoxy) is 2. The van der Waals surface area contributed by atoms with Gasteiger partial charge in [-0.3, -0.25) is 0 Å². The van der Waals surface area contributed by atoms with Gasteiger partial charge in [-0.1, -0.05) is 64.9 Å². The Morgan fingerprint density at radius 2 is 1.43 bits per heavy atom. The molecule has 0 fully saturated rings. The van der Waals surface area contributed by atoms with Crippen molar-refractivity contribution in [1.29, 1.82) is 0 Å². The van der Waals surface area contributed by atoms with E-state index in [2.05, 4.69) is 13.8 Å². The number of hydrogen-bond donors (Lipinski definition) is 0. The van der Waals surface area contributed by atoms with E-state index in [9.17, 15) is 0 Å². The summed E-state index contributed by atoms with van der Waals surface area (Å²) < 4.78 is 26.6. The molecule has 3 nitrogen and oxygen atoms in total. The standard InChI is InChI=1S/C26H36FNO2/c1-3-5-7-9-11-18-29-24-16-13-20-21-14-17-25(30-19-10-8-6-4-2)28-23(21)15-12-22(20)26(24)27/h13-14,16-17H,3-12,15,18-19H2,1-2H3. The molecule has 1 aromatic heterocycles. The molecule has 164 valence electrons. The number of aromatic nitrogens is 1. The lowest BCUT2D eigenvalue weighted by atomic mass is 9.88. The second-order valence-electron chi connectivity index (χ2n) is 8.22.